The molecule has 0 saturated carbocycles. The first kappa shape index (κ1) is 25.5. The smallest absolute Gasteiger partial charge is 0.318 e. The standard InChI is InChI=1S/C29H28F3N5O/c1-17(2)20-10-13-37-25(15-20)33-26(19-8-6-5-7-9-19)27(37)34-28(38)21-16-22(24-11-12-36(4)35-24)23(14-18(21)3)29(30,31)32/h5-17,24,35H,1-4H3,(H,34,38). The van der Waals surface area contributed by atoms with Crippen LogP contribution < -0.4 is 10.7 Å². The molecule has 0 radical (unpaired) electrons. The number of benzene rings is 2. The van der Waals surface area contributed by atoms with E-state index in [0.29, 0.717) is 23.1 Å². The number of hydrazine groups is 1. The highest BCUT2D eigenvalue weighted by Crippen LogP contribution is 2.38. The van der Waals surface area contributed by atoms with Crippen molar-refractivity contribution in [2.75, 3.05) is 12.4 Å². The Morgan fingerprint density at radius 2 is 1.84 bits per heavy atom. The van der Waals surface area contributed by atoms with Gasteiger partial charge >= 0.3 is 6.18 Å². The Labute approximate surface area is 218 Å². The number of carbonyl (C=O) groups excluding carboxylic acids is 1. The Bertz CT molecular complexity index is 1540. The van der Waals surface area contributed by atoms with Crippen LogP contribution >= 0.6 is 0 Å². The summed E-state index contributed by atoms with van der Waals surface area (Å²) in [6, 6.07) is 15.1. The third-order valence-corrected chi connectivity index (χ3v) is 6.72. The zero-order valence-corrected chi connectivity index (χ0v) is 21.5. The van der Waals surface area contributed by atoms with Crippen LogP contribution in [0.2, 0.25) is 0 Å². The second-order valence-corrected chi connectivity index (χ2v) is 9.78. The zero-order chi connectivity index (χ0) is 27.2. The van der Waals surface area contributed by atoms with Gasteiger partial charge in [-0.3, -0.25) is 9.20 Å². The van der Waals surface area contributed by atoms with Crippen molar-refractivity contribution in [1.29, 1.82) is 0 Å². The van der Waals surface area contributed by atoms with Crippen molar-refractivity contribution in [2.24, 2.45) is 0 Å². The molecule has 5 rings (SSSR count). The highest BCUT2D eigenvalue weighted by Gasteiger charge is 2.37. The predicted molar refractivity (Wildman–Crippen MR) is 142 cm³/mol. The molecule has 2 aromatic carbocycles. The lowest BCUT2D eigenvalue weighted by Gasteiger charge is -2.21. The van der Waals surface area contributed by atoms with Gasteiger partial charge in [0.05, 0.1) is 11.6 Å². The Morgan fingerprint density at radius 3 is 2.47 bits per heavy atom. The molecule has 0 fully saturated rings. The van der Waals surface area contributed by atoms with Gasteiger partial charge in [0.25, 0.3) is 5.91 Å². The molecule has 0 spiro atoms. The van der Waals surface area contributed by atoms with Gasteiger partial charge in [-0.2, -0.15) is 13.2 Å². The Kier molecular flexibility index (Phi) is 6.48. The third-order valence-electron chi connectivity index (χ3n) is 6.72. The maximum absolute atomic E-state index is 13.9. The molecule has 38 heavy (non-hydrogen) atoms. The molecule has 1 amide bonds. The lowest BCUT2D eigenvalue weighted by Crippen LogP contribution is -2.29. The number of pyridine rings is 1. The molecule has 2 N–H and O–H groups in total. The summed E-state index contributed by atoms with van der Waals surface area (Å²) in [6.07, 6.45) is 0.572. The van der Waals surface area contributed by atoms with E-state index in [2.05, 4.69) is 24.6 Å². The van der Waals surface area contributed by atoms with E-state index in [-0.39, 0.29) is 16.7 Å². The van der Waals surface area contributed by atoms with Gasteiger partial charge in [-0.05, 0) is 59.9 Å². The van der Waals surface area contributed by atoms with Crippen molar-refractivity contribution in [3.05, 3.63) is 101 Å². The van der Waals surface area contributed by atoms with Crippen LogP contribution in [0.25, 0.3) is 16.9 Å². The number of aryl methyl sites for hydroxylation is 1. The third kappa shape index (κ3) is 4.77. The quantitative estimate of drug-likeness (QED) is 0.308. The van der Waals surface area contributed by atoms with E-state index in [1.807, 2.05) is 48.7 Å². The molecule has 1 atom stereocenters. The minimum Gasteiger partial charge on any atom is -0.318 e. The SMILES string of the molecule is Cc1cc(C(F)(F)F)c(C2C=CN(C)N2)cc1C(=O)Nc1c(-c2ccccc2)nc2cc(C(C)C)ccn12. The summed E-state index contributed by atoms with van der Waals surface area (Å²) in [7, 11) is 1.70. The van der Waals surface area contributed by atoms with Crippen LogP contribution in [-0.2, 0) is 6.18 Å². The number of amides is 1. The predicted octanol–water partition coefficient (Wildman–Crippen LogP) is 6.71. The van der Waals surface area contributed by atoms with Crippen molar-refractivity contribution in [3.8, 4) is 11.3 Å². The minimum absolute atomic E-state index is 0.0168. The van der Waals surface area contributed by atoms with Crippen LogP contribution in [0.4, 0.5) is 19.0 Å². The number of carbonyl (C=O) groups is 1. The highest BCUT2D eigenvalue weighted by atomic mass is 19.4. The highest BCUT2D eigenvalue weighted by molar-refractivity contribution is 6.07. The molecule has 0 aliphatic carbocycles. The molecule has 6 nitrogen and oxygen atoms in total. The number of hydrogen-bond donors (Lipinski definition) is 2. The van der Waals surface area contributed by atoms with Crippen molar-refractivity contribution >= 4 is 17.4 Å². The monoisotopic (exact) mass is 519 g/mol. The molecule has 1 aliphatic heterocycles. The van der Waals surface area contributed by atoms with Crippen LogP contribution in [0.5, 0.6) is 0 Å². The van der Waals surface area contributed by atoms with E-state index in [4.69, 9.17) is 4.98 Å². The van der Waals surface area contributed by atoms with E-state index < -0.39 is 23.7 Å². The Morgan fingerprint density at radius 1 is 1.11 bits per heavy atom. The second-order valence-electron chi connectivity index (χ2n) is 9.78. The summed E-state index contributed by atoms with van der Waals surface area (Å²) in [6.45, 7) is 5.69. The number of aromatic nitrogens is 2. The number of fused-ring (bicyclic) bond motifs is 1. The van der Waals surface area contributed by atoms with Gasteiger partial charge in [-0.1, -0.05) is 44.2 Å². The van der Waals surface area contributed by atoms with E-state index in [1.54, 1.807) is 28.7 Å². The van der Waals surface area contributed by atoms with Gasteiger partial charge in [0, 0.05) is 30.6 Å². The van der Waals surface area contributed by atoms with Crippen LogP contribution in [0.15, 0.2) is 73.1 Å². The van der Waals surface area contributed by atoms with Crippen molar-refractivity contribution in [1.82, 2.24) is 19.8 Å². The summed E-state index contributed by atoms with van der Waals surface area (Å²) in [4.78, 5) is 18.5. The first-order valence-corrected chi connectivity index (χ1v) is 12.3. The molecule has 196 valence electrons. The Balaban J connectivity index is 1.60. The van der Waals surface area contributed by atoms with E-state index in [9.17, 15) is 18.0 Å². The topological polar surface area (TPSA) is 61.7 Å². The zero-order valence-electron chi connectivity index (χ0n) is 21.5. The van der Waals surface area contributed by atoms with Gasteiger partial charge in [0.2, 0.25) is 0 Å². The van der Waals surface area contributed by atoms with E-state index in [1.165, 1.54) is 13.0 Å². The minimum atomic E-state index is -4.57. The van der Waals surface area contributed by atoms with Gasteiger partial charge in [-0.25, -0.2) is 10.4 Å². The number of nitrogens with zero attached hydrogens (tertiary/aromatic N) is 3. The first-order valence-electron chi connectivity index (χ1n) is 12.3. The average molecular weight is 520 g/mol. The lowest BCUT2D eigenvalue weighted by molar-refractivity contribution is -0.138. The molecule has 9 heteroatoms. The van der Waals surface area contributed by atoms with E-state index >= 15 is 0 Å². The molecular formula is C29H28F3N5O. The maximum atomic E-state index is 13.9. The molecule has 0 bridgehead atoms. The fourth-order valence-corrected chi connectivity index (χ4v) is 4.68. The van der Waals surface area contributed by atoms with Gasteiger partial charge < -0.3 is 10.3 Å². The summed E-state index contributed by atoms with van der Waals surface area (Å²) in [5.74, 6) is 0.228. The first-order chi connectivity index (χ1) is 18.0. The second kappa shape index (κ2) is 9.64. The summed E-state index contributed by atoms with van der Waals surface area (Å²) >= 11 is 0. The summed E-state index contributed by atoms with van der Waals surface area (Å²) < 4.78 is 43.6. The van der Waals surface area contributed by atoms with Crippen LogP contribution in [0.3, 0.4) is 0 Å². The van der Waals surface area contributed by atoms with Gasteiger partial charge in [-0.15, -0.1) is 0 Å². The number of alkyl halides is 3. The Hall–Kier alpha value is -4.11. The fourth-order valence-electron chi connectivity index (χ4n) is 4.68. The van der Waals surface area contributed by atoms with Crippen LogP contribution in [0, 0.1) is 6.92 Å². The maximum Gasteiger partial charge on any atom is 0.416 e. The number of hydrogen-bond acceptors (Lipinski definition) is 4. The molecule has 3 heterocycles. The van der Waals surface area contributed by atoms with E-state index in [0.717, 1.165) is 17.2 Å². The molecule has 1 unspecified atom stereocenters. The molecule has 4 aromatic rings. The van der Waals surface area contributed by atoms with Crippen LogP contribution in [-0.4, -0.2) is 27.3 Å². The van der Waals surface area contributed by atoms with Crippen molar-refractivity contribution < 1.29 is 18.0 Å². The van der Waals surface area contributed by atoms with Crippen molar-refractivity contribution in [2.45, 2.75) is 38.9 Å². The number of rotatable bonds is 5. The van der Waals surface area contributed by atoms with Crippen LogP contribution in [0.1, 0.15) is 58.4 Å². The number of halogens is 3. The van der Waals surface area contributed by atoms with Crippen molar-refractivity contribution in [3.63, 3.8) is 0 Å². The summed E-state index contributed by atoms with van der Waals surface area (Å²) in [5, 5.41) is 4.54. The van der Waals surface area contributed by atoms with Gasteiger partial charge in [0.15, 0.2) is 0 Å². The number of nitrogens with one attached hydrogen (secondary N) is 2. The molecular weight excluding hydrogens is 491 g/mol. The molecule has 2 aromatic heterocycles. The number of anilines is 1. The molecule has 1 aliphatic rings. The number of imidazole rings is 1. The average Bonchev–Trinajstić information content (AvgIpc) is 3.47. The fraction of sp³-hybridized carbons (Fsp3) is 0.241. The summed E-state index contributed by atoms with van der Waals surface area (Å²) in [5.41, 5.74) is 5.71. The lowest BCUT2D eigenvalue weighted by atomic mass is 9.94. The van der Waals surface area contributed by atoms with Gasteiger partial charge in [0.1, 0.15) is 17.2 Å². The largest absolute Gasteiger partial charge is 0.416 e. The molecule has 0 saturated heterocycles. The normalized spacial score (nSPS) is 15.6.